The Morgan fingerprint density at radius 2 is 1.85 bits per heavy atom. The van der Waals surface area contributed by atoms with Crippen LogP contribution in [0.5, 0.6) is 11.5 Å². The number of nitrogens with one attached hydrogen (secondary N) is 2. The van der Waals surface area contributed by atoms with Crippen LogP contribution in [0.1, 0.15) is 17.5 Å². The van der Waals surface area contributed by atoms with Crippen LogP contribution in [0.4, 0.5) is 11.5 Å². The van der Waals surface area contributed by atoms with E-state index in [1.807, 2.05) is 30.3 Å². The smallest absolute Gasteiger partial charge is 0.156 e. The van der Waals surface area contributed by atoms with Gasteiger partial charge < -0.3 is 19.5 Å². The summed E-state index contributed by atoms with van der Waals surface area (Å²) >= 11 is 0. The van der Waals surface area contributed by atoms with Crippen LogP contribution >= 0.6 is 0 Å². The van der Waals surface area contributed by atoms with Gasteiger partial charge in [0.1, 0.15) is 11.5 Å². The highest BCUT2D eigenvalue weighted by molar-refractivity contribution is 5.80. The molecule has 2 N–H and O–H groups in total. The monoisotopic (exact) mass is 365 g/mol. The average molecular weight is 365 g/mol. The lowest BCUT2D eigenvalue weighted by molar-refractivity contribution is 0.172. The minimum absolute atomic E-state index is 0.657. The highest BCUT2D eigenvalue weighted by Gasteiger charge is 2.25. The number of benzene rings is 2. The number of ether oxygens (including phenoxy) is 3. The number of anilines is 2. The van der Waals surface area contributed by atoms with Gasteiger partial charge >= 0.3 is 0 Å². The molecule has 0 fully saturated rings. The topological polar surface area (TPSA) is 68.4 Å². The molecule has 6 nitrogen and oxygen atoms in total. The Labute approximate surface area is 158 Å². The van der Waals surface area contributed by atoms with Crippen LogP contribution in [0.3, 0.4) is 0 Å². The number of H-pyrrole nitrogens is 1. The predicted octanol–water partition coefficient (Wildman–Crippen LogP) is 4.15. The molecule has 0 bridgehead atoms. The van der Waals surface area contributed by atoms with Crippen molar-refractivity contribution >= 4 is 11.5 Å². The molecular formula is C21H23N3O3. The van der Waals surface area contributed by atoms with Gasteiger partial charge in [0.2, 0.25) is 0 Å². The van der Waals surface area contributed by atoms with Crippen LogP contribution < -0.4 is 14.8 Å². The maximum Gasteiger partial charge on any atom is 0.156 e. The quantitative estimate of drug-likeness (QED) is 0.459. The summed E-state index contributed by atoms with van der Waals surface area (Å²) < 4.78 is 16.1. The molecule has 0 radical (unpaired) electrons. The van der Waals surface area contributed by atoms with Crippen molar-refractivity contribution in [3.8, 4) is 22.8 Å². The molecule has 0 saturated heterocycles. The lowest BCUT2D eigenvalue weighted by atomic mass is 10.1. The van der Waals surface area contributed by atoms with Gasteiger partial charge in [0.05, 0.1) is 19.4 Å². The van der Waals surface area contributed by atoms with Gasteiger partial charge in [0.15, 0.2) is 5.82 Å². The van der Waals surface area contributed by atoms with Crippen LogP contribution in [-0.2, 0) is 11.2 Å². The van der Waals surface area contributed by atoms with Crippen LogP contribution in [0.15, 0.2) is 42.5 Å². The van der Waals surface area contributed by atoms with Gasteiger partial charge in [-0.15, -0.1) is 0 Å². The molecular weight excluding hydrogens is 342 g/mol. The first-order chi connectivity index (χ1) is 13.3. The number of methoxy groups -OCH3 is 2. The fourth-order valence-corrected chi connectivity index (χ4v) is 3.31. The number of nitrogens with zero attached hydrogens (tertiary/aromatic N) is 1. The first-order valence-electron chi connectivity index (χ1n) is 9.02. The van der Waals surface area contributed by atoms with Crippen molar-refractivity contribution in [2.24, 2.45) is 0 Å². The number of aromatic nitrogens is 2. The van der Waals surface area contributed by atoms with Gasteiger partial charge in [0, 0.05) is 43.4 Å². The van der Waals surface area contributed by atoms with Crippen molar-refractivity contribution in [3.05, 3.63) is 53.6 Å². The zero-order valence-electron chi connectivity index (χ0n) is 15.5. The van der Waals surface area contributed by atoms with E-state index in [-0.39, 0.29) is 0 Å². The van der Waals surface area contributed by atoms with E-state index in [0.717, 1.165) is 41.5 Å². The molecule has 140 valence electrons. The van der Waals surface area contributed by atoms with Gasteiger partial charge in [-0.2, -0.15) is 5.10 Å². The first-order valence-corrected chi connectivity index (χ1v) is 9.02. The van der Waals surface area contributed by atoms with E-state index in [0.29, 0.717) is 13.2 Å². The Morgan fingerprint density at radius 1 is 1.04 bits per heavy atom. The van der Waals surface area contributed by atoms with Crippen molar-refractivity contribution in [1.82, 2.24) is 10.2 Å². The second-order valence-corrected chi connectivity index (χ2v) is 6.47. The second-order valence-electron chi connectivity index (χ2n) is 6.47. The van der Waals surface area contributed by atoms with Crippen molar-refractivity contribution in [2.75, 3.05) is 32.8 Å². The van der Waals surface area contributed by atoms with E-state index in [1.54, 1.807) is 14.2 Å². The molecule has 1 aromatic heterocycles. The Hall–Kier alpha value is -2.99. The molecule has 0 aliphatic heterocycles. The molecule has 0 spiro atoms. The Morgan fingerprint density at radius 3 is 2.63 bits per heavy atom. The normalized spacial score (nSPS) is 11.8. The standard InChI is InChI=1S/C21H23N3O3/c1-25-10-3-11-27-17-8-9-18-14(12-17)13-19-20(18)23-24-21(19)22-15-4-6-16(26-2)7-5-15/h4-9,12H,3,10-11,13H2,1-2H3,(H2,22,23,24). The van der Waals surface area contributed by atoms with Gasteiger partial charge in [0.25, 0.3) is 0 Å². The fraction of sp³-hybridized carbons (Fsp3) is 0.286. The number of hydrogen-bond donors (Lipinski definition) is 2. The molecule has 0 amide bonds. The second kappa shape index (κ2) is 7.72. The van der Waals surface area contributed by atoms with E-state index in [1.165, 1.54) is 16.7 Å². The van der Waals surface area contributed by atoms with Gasteiger partial charge in [-0.1, -0.05) is 0 Å². The summed E-state index contributed by atoms with van der Waals surface area (Å²) in [6.45, 7) is 1.37. The van der Waals surface area contributed by atoms with E-state index < -0.39 is 0 Å². The maximum absolute atomic E-state index is 5.82. The maximum atomic E-state index is 5.82. The van der Waals surface area contributed by atoms with Crippen molar-refractivity contribution in [3.63, 3.8) is 0 Å². The third-order valence-electron chi connectivity index (χ3n) is 4.69. The fourth-order valence-electron chi connectivity index (χ4n) is 3.31. The highest BCUT2D eigenvalue weighted by Crippen LogP contribution is 2.40. The third-order valence-corrected chi connectivity index (χ3v) is 4.69. The highest BCUT2D eigenvalue weighted by atomic mass is 16.5. The molecule has 3 aromatic rings. The van der Waals surface area contributed by atoms with Crippen LogP contribution in [0.2, 0.25) is 0 Å². The molecule has 0 atom stereocenters. The summed E-state index contributed by atoms with van der Waals surface area (Å²) in [5, 5.41) is 11.0. The zero-order chi connectivity index (χ0) is 18.6. The third kappa shape index (κ3) is 3.61. The van der Waals surface area contributed by atoms with Gasteiger partial charge in [-0.25, -0.2) is 0 Å². The molecule has 1 aliphatic carbocycles. The minimum atomic E-state index is 0.657. The minimum Gasteiger partial charge on any atom is -0.497 e. The van der Waals surface area contributed by atoms with Gasteiger partial charge in [-0.05, 0) is 48.0 Å². The molecule has 0 unspecified atom stereocenters. The van der Waals surface area contributed by atoms with Crippen LogP contribution in [-0.4, -0.2) is 37.6 Å². The molecule has 2 aromatic carbocycles. The number of aromatic amines is 1. The van der Waals surface area contributed by atoms with Crippen molar-refractivity contribution in [2.45, 2.75) is 12.8 Å². The molecule has 1 aliphatic rings. The summed E-state index contributed by atoms with van der Waals surface area (Å²) in [7, 11) is 3.37. The molecule has 6 heteroatoms. The largest absolute Gasteiger partial charge is 0.497 e. The molecule has 0 saturated carbocycles. The van der Waals surface area contributed by atoms with E-state index in [2.05, 4.69) is 27.6 Å². The summed E-state index contributed by atoms with van der Waals surface area (Å²) in [6, 6.07) is 14.0. The summed E-state index contributed by atoms with van der Waals surface area (Å²) in [5.41, 5.74) is 5.66. The zero-order valence-corrected chi connectivity index (χ0v) is 15.5. The summed E-state index contributed by atoms with van der Waals surface area (Å²) in [5.74, 6) is 2.58. The first kappa shape index (κ1) is 17.4. The summed E-state index contributed by atoms with van der Waals surface area (Å²) in [4.78, 5) is 0. The lowest BCUT2D eigenvalue weighted by Gasteiger charge is -2.08. The van der Waals surface area contributed by atoms with E-state index in [4.69, 9.17) is 14.2 Å². The van der Waals surface area contributed by atoms with Crippen molar-refractivity contribution in [1.29, 1.82) is 0 Å². The summed E-state index contributed by atoms with van der Waals surface area (Å²) in [6.07, 6.45) is 1.71. The Bertz CT molecular complexity index is 919. The Kier molecular flexibility index (Phi) is 4.98. The average Bonchev–Trinajstić information content (AvgIpc) is 3.25. The van der Waals surface area contributed by atoms with E-state index >= 15 is 0 Å². The lowest BCUT2D eigenvalue weighted by Crippen LogP contribution is -2.01. The molecule has 1 heterocycles. The molecule has 4 rings (SSSR count). The van der Waals surface area contributed by atoms with Gasteiger partial charge in [-0.3, -0.25) is 5.10 Å². The molecule has 27 heavy (non-hydrogen) atoms. The van der Waals surface area contributed by atoms with Crippen LogP contribution in [0, 0.1) is 0 Å². The number of hydrogen-bond acceptors (Lipinski definition) is 5. The van der Waals surface area contributed by atoms with E-state index in [9.17, 15) is 0 Å². The van der Waals surface area contributed by atoms with Crippen LogP contribution in [0.25, 0.3) is 11.3 Å². The number of fused-ring (bicyclic) bond motifs is 3. The number of rotatable bonds is 8. The SMILES string of the molecule is COCCCOc1ccc2c(c1)Cc1c(Nc3ccc(OC)cc3)n[nH]c1-2. The predicted molar refractivity (Wildman–Crippen MR) is 105 cm³/mol. The Balaban J connectivity index is 1.48. The van der Waals surface area contributed by atoms with Crippen molar-refractivity contribution < 1.29 is 14.2 Å².